The first-order valence-electron chi connectivity index (χ1n) is 5.08. The van der Waals surface area contributed by atoms with Gasteiger partial charge < -0.3 is 16.3 Å². The summed E-state index contributed by atoms with van der Waals surface area (Å²) >= 11 is 3.69. The molecule has 0 saturated carbocycles. The van der Waals surface area contributed by atoms with Crippen LogP contribution < -0.4 is 11.1 Å². The molecule has 1 rings (SSSR count). The number of carbonyl (C=O) groups excluding carboxylic acids is 1. The number of oxime groups is 1. The molecule has 0 aliphatic rings. The Labute approximate surface area is 117 Å². The van der Waals surface area contributed by atoms with Crippen LogP contribution >= 0.6 is 33.9 Å². The van der Waals surface area contributed by atoms with Gasteiger partial charge in [0.05, 0.1) is 8.45 Å². The van der Waals surface area contributed by atoms with E-state index in [0.717, 1.165) is 9.30 Å². The highest BCUT2D eigenvalue weighted by Crippen LogP contribution is 2.16. The molecular formula is C10H14IN3O2S. The second-order valence-corrected chi connectivity index (χ2v) is 6.32. The van der Waals surface area contributed by atoms with Crippen molar-refractivity contribution in [1.82, 2.24) is 5.32 Å². The fourth-order valence-corrected chi connectivity index (χ4v) is 2.62. The number of nitrogens with zero attached hydrogens (tertiary/aromatic N) is 1. The summed E-state index contributed by atoms with van der Waals surface area (Å²) in [7, 11) is 0. The van der Waals surface area contributed by atoms with Crippen molar-refractivity contribution in [3.63, 3.8) is 0 Å². The lowest BCUT2D eigenvalue weighted by Gasteiger charge is -2.15. The summed E-state index contributed by atoms with van der Waals surface area (Å²) in [5.41, 5.74) is 6.07. The van der Waals surface area contributed by atoms with Crippen molar-refractivity contribution < 1.29 is 10.0 Å². The highest BCUT2D eigenvalue weighted by molar-refractivity contribution is 14.1. The molecule has 1 aromatic heterocycles. The fraction of sp³-hybridized carbons (Fsp3) is 0.400. The van der Waals surface area contributed by atoms with E-state index in [9.17, 15) is 4.79 Å². The number of hydrogen-bond acceptors (Lipinski definition) is 4. The van der Waals surface area contributed by atoms with Crippen molar-refractivity contribution >= 4 is 45.7 Å². The average Bonchev–Trinajstić information content (AvgIpc) is 2.74. The number of halogens is 1. The van der Waals surface area contributed by atoms with Crippen LogP contribution in [0.4, 0.5) is 0 Å². The second-order valence-electron chi connectivity index (χ2n) is 3.51. The van der Waals surface area contributed by atoms with E-state index in [2.05, 4.69) is 33.1 Å². The number of nitrogens with one attached hydrogen (secondary N) is 1. The molecule has 4 N–H and O–H groups in total. The molecule has 17 heavy (non-hydrogen) atoms. The van der Waals surface area contributed by atoms with E-state index < -0.39 is 0 Å². The normalized spacial score (nSPS) is 13.4. The van der Waals surface area contributed by atoms with E-state index in [1.807, 2.05) is 18.4 Å². The van der Waals surface area contributed by atoms with Crippen LogP contribution in [-0.2, 0) is 0 Å². The lowest BCUT2D eigenvalue weighted by atomic mass is 10.1. The van der Waals surface area contributed by atoms with Crippen LogP contribution in [0.5, 0.6) is 0 Å². The monoisotopic (exact) mass is 367 g/mol. The number of rotatable bonds is 5. The van der Waals surface area contributed by atoms with Crippen LogP contribution in [0.1, 0.15) is 30.1 Å². The molecule has 94 valence electrons. The van der Waals surface area contributed by atoms with Gasteiger partial charge in [-0.2, -0.15) is 0 Å². The lowest BCUT2D eigenvalue weighted by molar-refractivity contribution is 0.0937. The summed E-state index contributed by atoms with van der Waals surface area (Å²) in [6.07, 6.45) is 1.07. The van der Waals surface area contributed by atoms with Crippen LogP contribution in [0, 0.1) is 2.88 Å². The number of hydrogen-bond donors (Lipinski definition) is 3. The summed E-state index contributed by atoms with van der Waals surface area (Å²) in [5, 5.41) is 16.1. The SMILES string of the molecule is CCC(CC(N)=NO)NC(=O)c1csc(I)c1. The third-order valence-electron chi connectivity index (χ3n) is 2.24. The molecule has 1 aromatic rings. The zero-order chi connectivity index (χ0) is 12.8. The molecule has 7 heteroatoms. The van der Waals surface area contributed by atoms with Crippen molar-refractivity contribution in [3.8, 4) is 0 Å². The molecular weight excluding hydrogens is 353 g/mol. The van der Waals surface area contributed by atoms with E-state index in [0.29, 0.717) is 12.0 Å². The number of nitrogens with two attached hydrogens (primary N) is 1. The summed E-state index contributed by atoms with van der Waals surface area (Å²) in [4.78, 5) is 11.8. The van der Waals surface area contributed by atoms with Crippen LogP contribution in [0.25, 0.3) is 0 Å². The Morgan fingerprint density at radius 2 is 2.47 bits per heavy atom. The molecule has 0 aliphatic carbocycles. The quantitative estimate of drug-likeness (QED) is 0.245. The molecule has 1 amide bonds. The third kappa shape index (κ3) is 4.50. The van der Waals surface area contributed by atoms with Crippen molar-refractivity contribution in [3.05, 3.63) is 19.9 Å². The molecule has 0 saturated heterocycles. The van der Waals surface area contributed by atoms with E-state index in [-0.39, 0.29) is 17.8 Å². The van der Waals surface area contributed by atoms with Gasteiger partial charge in [-0.05, 0) is 35.1 Å². The first-order chi connectivity index (χ1) is 8.06. The molecule has 0 bridgehead atoms. The first-order valence-corrected chi connectivity index (χ1v) is 7.04. The fourth-order valence-electron chi connectivity index (χ4n) is 1.29. The molecule has 0 aromatic carbocycles. The predicted molar refractivity (Wildman–Crippen MR) is 76.6 cm³/mol. The molecule has 0 spiro atoms. The lowest BCUT2D eigenvalue weighted by Crippen LogP contribution is -2.37. The summed E-state index contributed by atoms with van der Waals surface area (Å²) < 4.78 is 1.07. The number of amides is 1. The molecule has 1 heterocycles. The molecule has 1 unspecified atom stereocenters. The third-order valence-corrected chi connectivity index (χ3v) is 4.03. The topological polar surface area (TPSA) is 87.7 Å². The molecule has 1 atom stereocenters. The van der Waals surface area contributed by atoms with Gasteiger partial charge in [0.15, 0.2) is 0 Å². The highest BCUT2D eigenvalue weighted by atomic mass is 127. The summed E-state index contributed by atoms with van der Waals surface area (Å²) in [6, 6.07) is 1.72. The van der Waals surface area contributed by atoms with Crippen molar-refractivity contribution in [2.45, 2.75) is 25.8 Å². The van der Waals surface area contributed by atoms with Crippen molar-refractivity contribution in [1.29, 1.82) is 0 Å². The van der Waals surface area contributed by atoms with Gasteiger partial charge in [0, 0.05) is 17.8 Å². The standard InChI is InChI=1S/C10H14IN3O2S/c1-2-7(4-9(12)14-16)13-10(15)6-3-8(11)17-5-6/h3,5,7,16H,2,4H2,1H3,(H2,12,14)(H,13,15). The van der Waals surface area contributed by atoms with Crippen LogP contribution in [-0.4, -0.2) is 23.0 Å². The van der Waals surface area contributed by atoms with Crippen LogP contribution in [0.3, 0.4) is 0 Å². The van der Waals surface area contributed by atoms with Gasteiger partial charge in [-0.3, -0.25) is 4.79 Å². The van der Waals surface area contributed by atoms with Crippen LogP contribution in [0.15, 0.2) is 16.6 Å². The van der Waals surface area contributed by atoms with Gasteiger partial charge in [0.25, 0.3) is 5.91 Å². The smallest absolute Gasteiger partial charge is 0.252 e. The van der Waals surface area contributed by atoms with Gasteiger partial charge in [-0.15, -0.1) is 11.3 Å². The van der Waals surface area contributed by atoms with Crippen molar-refractivity contribution in [2.24, 2.45) is 10.9 Å². The second kappa shape index (κ2) is 6.80. The molecule has 5 nitrogen and oxygen atoms in total. The van der Waals surface area contributed by atoms with E-state index >= 15 is 0 Å². The number of carbonyl (C=O) groups is 1. The molecule has 0 fully saturated rings. The zero-order valence-electron chi connectivity index (χ0n) is 9.31. The van der Waals surface area contributed by atoms with E-state index in [1.54, 1.807) is 0 Å². The Morgan fingerprint density at radius 1 is 1.76 bits per heavy atom. The maximum atomic E-state index is 11.8. The highest BCUT2D eigenvalue weighted by Gasteiger charge is 2.14. The Bertz CT molecular complexity index is 419. The number of amidine groups is 1. The predicted octanol–water partition coefficient (Wildman–Crippen LogP) is 2.00. The Morgan fingerprint density at radius 3 is 2.94 bits per heavy atom. The largest absolute Gasteiger partial charge is 0.409 e. The van der Waals surface area contributed by atoms with Gasteiger partial charge in [-0.1, -0.05) is 12.1 Å². The Hall–Kier alpha value is -0.830. The van der Waals surface area contributed by atoms with Gasteiger partial charge in [-0.25, -0.2) is 0 Å². The minimum absolute atomic E-state index is 0.115. The zero-order valence-corrected chi connectivity index (χ0v) is 12.3. The summed E-state index contributed by atoms with van der Waals surface area (Å²) in [6.45, 7) is 1.94. The maximum absolute atomic E-state index is 11.8. The minimum Gasteiger partial charge on any atom is -0.409 e. The summed E-state index contributed by atoms with van der Waals surface area (Å²) in [5.74, 6) is -0.00111. The van der Waals surface area contributed by atoms with Crippen LogP contribution in [0.2, 0.25) is 0 Å². The van der Waals surface area contributed by atoms with E-state index in [4.69, 9.17) is 10.9 Å². The minimum atomic E-state index is -0.123. The average molecular weight is 367 g/mol. The Balaban J connectivity index is 2.59. The van der Waals surface area contributed by atoms with Gasteiger partial charge in [0.2, 0.25) is 0 Å². The van der Waals surface area contributed by atoms with E-state index in [1.165, 1.54) is 11.3 Å². The maximum Gasteiger partial charge on any atom is 0.252 e. The van der Waals surface area contributed by atoms with Gasteiger partial charge >= 0.3 is 0 Å². The molecule has 0 radical (unpaired) electrons. The Kier molecular flexibility index (Phi) is 5.69. The van der Waals surface area contributed by atoms with Crippen molar-refractivity contribution in [2.75, 3.05) is 0 Å². The first kappa shape index (κ1) is 14.2. The molecule has 0 aliphatic heterocycles. The number of thiophene rings is 1. The van der Waals surface area contributed by atoms with Gasteiger partial charge in [0.1, 0.15) is 5.84 Å².